The molecule has 7 nitrogen and oxygen atoms in total. The number of carbonyl (C=O) groups is 1. The largest absolute Gasteiger partial charge is 0.504 e. The van der Waals surface area contributed by atoms with Gasteiger partial charge in [-0.3, -0.25) is 4.79 Å². The molecule has 0 bridgehead atoms. The number of carboxylic acid groups (broad SMARTS) is 1. The maximum atomic E-state index is 10.9. The highest BCUT2D eigenvalue weighted by Gasteiger charge is 2.31. The number of aliphatic carboxylic acids is 1. The summed E-state index contributed by atoms with van der Waals surface area (Å²) in [4.78, 5) is 12.4. The van der Waals surface area contributed by atoms with Crippen LogP contribution < -0.4 is 5.73 Å². The molecule has 6 N–H and O–H groups in total. The third kappa shape index (κ3) is 2.47. The fourth-order valence-corrected chi connectivity index (χ4v) is 1.75. The topological polar surface area (TPSA) is 127 Å². The maximum absolute atomic E-state index is 10.9. The van der Waals surface area contributed by atoms with Gasteiger partial charge in [-0.25, -0.2) is 0 Å². The number of hydrogen-bond acceptors (Lipinski definition) is 6. The third-order valence-corrected chi connectivity index (χ3v) is 2.66. The Kier molecular flexibility index (Phi) is 4.00. The predicted octanol–water partition coefficient (Wildman–Crippen LogP) is -0.182. The van der Waals surface area contributed by atoms with Gasteiger partial charge in [-0.2, -0.15) is 0 Å². The fraction of sp³-hybridized carbons (Fsp3) is 0.364. The average molecular weight is 256 g/mol. The SMILES string of the molecule is CN(C)C(c1ccc(O)c(O)c1O)C(N)C(=O)O. The van der Waals surface area contributed by atoms with Gasteiger partial charge >= 0.3 is 5.97 Å². The summed E-state index contributed by atoms with van der Waals surface area (Å²) in [7, 11) is 3.19. The van der Waals surface area contributed by atoms with E-state index in [2.05, 4.69) is 0 Å². The smallest absolute Gasteiger partial charge is 0.322 e. The van der Waals surface area contributed by atoms with Crippen LogP contribution in [-0.4, -0.2) is 51.4 Å². The van der Waals surface area contributed by atoms with Crippen molar-refractivity contribution < 1.29 is 25.2 Å². The van der Waals surface area contributed by atoms with Crippen LogP contribution in [0.15, 0.2) is 12.1 Å². The Labute approximate surface area is 104 Å². The Bertz CT molecular complexity index is 461. The monoisotopic (exact) mass is 256 g/mol. The number of phenols is 3. The molecular formula is C11H16N2O5. The number of aromatic hydroxyl groups is 3. The van der Waals surface area contributed by atoms with E-state index in [1.807, 2.05) is 0 Å². The van der Waals surface area contributed by atoms with E-state index in [1.165, 1.54) is 11.0 Å². The van der Waals surface area contributed by atoms with Gasteiger partial charge in [0.15, 0.2) is 11.5 Å². The molecule has 0 aliphatic carbocycles. The Morgan fingerprint density at radius 1 is 1.22 bits per heavy atom. The van der Waals surface area contributed by atoms with Crippen LogP contribution in [0.3, 0.4) is 0 Å². The van der Waals surface area contributed by atoms with Crippen molar-refractivity contribution in [1.29, 1.82) is 0 Å². The van der Waals surface area contributed by atoms with Gasteiger partial charge < -0.3 is 31.1 Å². The normalized spacial score (nSPS) is 14.4. The minimum absolute atomic E-state index is 0.130. The molecule has 7 heteroatoms. The van der Waals surface area contributed by atoms with Crippen LogP contribution in [0.5, 0.6) is 17.2 Å². The molecule has 1 aromatic carbocycles. The van der Waals surface area contributed by atoms with Gasteiger partial charge in [-0.05, 0) is 26.2 Å². The highest BCUT2D eigenvalue weighted by Crippen LogP contribution is 2.41. The zero-order valence-corrected chi connectivity index (χ0v) is 10.0. The first-order valence-corrected chi connectivity index (χ1v) is 5.16. The summed E-state index contributed by atoms with van der Waals surface area (Å²) in [6.07, 6.45) is 0. The molecular weight excluding hydrogens is 240 g/mol. The Morgan fingerprint density at radius 3 is 2.22 bits per heavy atom. The molecule has 1 aromatic rings. The lowest BCUT2D eigenvalue weighted by molar-refractivity contribution is -0.140. The molecule has 0 fully saturated rings. The first kappa shape index (κ1) is 14.1. The van der Waals surface area contributed by atoms with Gasteiger partial charge in [0.1, 0.15) is 6.04 Å². The highest BCUT2D eigenvalue weighted by atomic mass is 16.4. The molecule has 0 radical (unpaired) electrons. The van der Waals surface area contributed by atoms with E-state index in [0.717, 1.165) is 6.07 Å². The van der Waals surface area contributed by atoms with Crippen LogP contribution in [0.2, 0.25) is 0 Å². The van der Waals surface area contributed by atoms with Gasteiger partial charge in [-0.1, -0.05) is 0 Å². The lowest BCUT2D eigenvalue weighted by Crippen LogP contribution is -2.43. The highest BCUT2D eigenvalue weighted by molar-refractivity contribution is 5.75. The van der Waals surface area contributed by atoms with Crippen molar-refractivity contribution in [2.75, 3.05) is 14.1 Å². The number of benzene rings is 1. The quantitative estimate of drug-likeness (QED) is 0.473. The molecule has 2 unspecified atom stereocenters. The van der Waals surface area contributed by atoms with E-state index in [9.17, 15) is 20.1 Å². The molecule has 0 aliphatic heterocycles. The fourth-order valence-electron chi connectivity index (χ4n) is 1.75. The first-order valence-electron chi connectivity index (χ1n) is 5.16. The van der Waals surface area contributed by atoms with Gasteiger partial charge in [0.25, 0.3) is 0 Å². The zero-order chi connectivity index (χ0) is 14.0. The minimum atomic E-state index is -1.28. The molecule has 0 spiro atoms. The van der Waals surface area contributed by atoms with Gasteiger partial charge in [0.05, 0.1) is 6.04 Å². The molecule has 100 valence electrons. The van der Waals surface area contributed by atoms with Crippen molar-refractivity contribution in [3.8, 4) is 17.2 Å². The lowest BCUT2D eigenvalue weighted by atomic mass is 9.97. The summed E-state index contributed by atoms with van der Waals surface area (Å²) in [5, 5.41) is 37.3. The Hall–Kier alpha value is -1.99. The number of nitrogens with zero attached hydrogens (tertiary/aromatic N) is 1. The molecule has 18 heavy (non-hydrogen) atoms. The molecule has 0 aromatic heterocycles. The van der Waals surface area contributed by atoms with E-state index in [0.29, 0.717) is 0 Å². The molecule has 0 saturated carbocycles. The Balaban J connectivity index is 3.31. The van der Waals surface area contributed by atoms with Crippen LogP contribution in [0.4, 0.5) is 0 Å². The van der Waals surface area contributed by atoms with Crippen LogP contribution in [0, 0.1) is 0 Å². The standard InChI is InChI=1S/C11H16N2O5/c1-13(2)8(7(12)11(17)18)5-3-4-6(14)10(16)9(5)15/h3-4,7-8,14-16H,12H2,1-2H3,(H,17,18). The van der Waals surface area contributed by atoms with Crippen molar-refractivity contribution in [3.05, 3.63) is 17.7 Å². The van der Waals surface area contributed by atoms with E-state index >= 15 is 0 Å². The van der Waals surface area contributed by atoms with Gasteiger partial charge in [-0.15, -0.1) is 0 Å². The summed E-state index contributed by atoms with van der Waals surface area (Å²) < 4.78 is 0. The lowest BCUT2D eigenvalue weighted by Gasteiger charge is -2.28. The van der Waals surface area contributed by atoms with Crippen LogP contribution in [0.25, 0.3) is 0 Å². The van der Waals surface area contributed by atoms with E-state index in [4.69, 9.17) is 10.8 Å². The van der Waals surface area contributed by atoms with E-state index in [1.54, 1.807) is 14.1 Å². The number of rotatable bonds is 4. The first-order chi connectivity index (χ1) is 8.27. The predicted molar refractivity (Wildman–Crippen MR) is 63.5 cm³/mol. The van der Waals surface area contributed by atoms with Crippen molar-refractivity contribution in [2.45, 2.75) is 12.1 Å². The van der Waals surface area contributed by atoms with Crippen molar-refractivity contribution >= 4 is 5.97 Å². The summed E-state index contributed by atoms with van der Waals surface area (Å²) >= 11 is 0. The van der Waals surface area contributed by atoms with Crippen LogP contribution in [-0.2, 0) is 4.79 Å². The molecule has 0 amide bonds. The van der Waals surface area contributed by atoms with Crippen LogP contribution >= 0.6 is 0 Å². The summed E-state index contributed by atoms with van der Waals surface area (Å²) in [6, 6.07) is 0.358. The molecule has 0 heterocycles. The molecule has 0 aliphatic rings. The second kappa shape index (κ2) is 5.11. The number of likely N-dealkylation sites (N-methyl/N-ethyl adjacent to an activating group) is 1. The number of carboxylic acids is 1. The number of hydrogen-bond donors (Lipinski definition) is 5. The summed E-state index contributed by atoms with van der Waals surface area (Å²) in [5.41, 5.74) is 5.68. The van der Waals surface area contributed by atoms with Gasteiger partial charge in [0, 0.05) is 5.56 Å². The van der Waals surface area contributed by atoms with Crippen molar-refractivity contribution in [1.82, 2.24) is 4.90 Å². The molecule has 0 saturated heterocycles. The van der Waals surface area contributed by atoms with Crippen molar-refractivity contribution in [3.63, 3.8) is 0 Å². The maximum Gasteiger partial charge on any atom is 0.322 e. The molecule has 1 rings (SSSR count). The average Bonchev–Trinajstić information content (AvgIpc) is 2.28. The zero-order valence-electron chi connectivity index (χ0n) is 10.0. The van der Waals surface area contributed by atoms with E-state index < -0.39 is 35.3 Å². The number of phenolic OH excluding ortho intramolecular Hbond substituents is 3. The Morgan fingerprint density at radius 2 is 1.78 bits per heavy atom. The third-order valence-electron chi connectivity index (χ3n) is 2.66. The molecule has 2 atom stereocenters. The van der Waals surface area contributed by atoms with Crippen LogP contribution in [0.1, 0.15) is 11.6 Å². The van der Waals surface area contributed by atoms with Gasteiger partial charge in [0.2, 0.25) is 5.75 Å². The second-order valence-corrected chi connectivity index (χ2v) is 4.14. The second-order valence-electron chi connectivity index (χ2n) is 4.14. The summed E-state index contributed by atoms with van der Waals surface area (Å²) in [5.74, 6) is -3.00. The minimum Gasteiger partial charge on any atom is -0.504 e. The van der Waals surface area contributed by atoms with Crippen molar-refractivity contribution in [2.24, 2.45) is 5.73 Å². The summed E-state index contributed by atoms with van der Waals surface area (Å²) in [6.45, 7) is 0. The number of nitrogens with two attached hydrogens (primary N) is 1. The van der Waals surface area contributed by atoms with E-state index in [-0.39, 0.29) is 5.56 Å².